The molecule has 0 aliphatic rings. The second-order valence-corrected chi connectivity index (χ2v) is 5.36. The lowest BCUT2D eigenvalue weighted by Gasteiger charge is -2.15. The van der Waals surface area contributed by atoms with Gasteiger partial charge >= 0.3 is 0 Å². The molecule has 0 amide bonds. The van der Waals surface area contributed by atoms with Crippen LogP contribution in [0.2, 0.25) is 0 Å². The number of hydrogen-bond donors (Lipinski definition) is 2. The van der Waals surface area contributed by atoms with Crippen molar-refractivity contribution in [2.75, 3.05) is 18.2 Å². The van der Waals surface area contributed by atoms with Crippen LogP contribution in [0.3, 0.4) is 0 Å². The quantitative estimate of drug-likeness (QED) is 0.652. The Balaban J connectivity index is 1.83. The number of nitrogens with two attached hydrogens (primary N) is 1. The average Bonchev–Trinajstić information content (AvgIpc) is 2.63. The van der Waals surface area contributed by atoms with Crippen LogP contribution in [0.5, 0.6) is 11.5 Å². The summed E-state index contributed by atoms with van der Waals surface area (Å²) in [5.41, 5.74) is 9.56. The number of nitrogens with one attached hydrogen (secondary N) is 1. The van der Waals surface area contributed by atoms with Crippen LogP contribution < -0.4 is 20.5 Å². The molecule has 0 bridgehead atoms. The summed E-state index contributed by atoms with van der Waals surface area (Å²) in [5, 5.41) is 3.30. The summed E-state index contributed by atoms with van der Waals surface area (Å²) in [6.45, 7) is 0.464. The molecule has 0 aromatic heterocycles. The van der Waals surface area contributed by atoms with Crippen molar-refractivity contribution in [2.24, 2.45) is 0 Å². The molecule has 0 atom stereocenters. The van der Waals surface area contributed by atoms with Gasteiger partial charge in [0.05, 0.1) is 18.5 Å². The Morgan fingerprint density at radius 1 is 0.875 bits per heavy atom. The Morgan fingerprint density at radius 2 is 1.54 bits per heavy atom. The topological polar surface area (TPSA) is 56.5 Å². The van der Waals surface area contributed by atoms with E-state index in [4.69, 9.17) is 15.2 Å². The number of ether oxygens (including phenoxy) is 2. The van der Waals surface area contributed by atoms with Gasteiger partial charge in [-0.25, -0.2) is 0 Å². The van der Waals surface area contributed by atoms with Crippen LogP contribution in [0.25, 0.3) is 0 Å². The van der Waals surface area contributed by atoms with E-state index in [0.29, 0.717) is 23.8 Å². The fourth-order valence-corrected chi connectivity index (χ4v) is 2.37. The maximum atomic E-state index is 6.12. The van der Waals surface area contributed by atoms with Gasteiger partial charge in [-0.2, -0.15) is 0 Å². The highest BCUT2D eigenvalue weighted by Crippen LogP contribution is 2.36. The Bertz CT molecular complexity index is 789. The van der Waals surface area contributed by atoms with Gasteiger partial charge in [0.2, 0.25) is 0 Å². The second-order valence-electron chi connectivity index (χ2n) is 5.36. The van der Waals surface area contributed by atoms with Crippen molar-refractivity contribution in [3.05, 3.63) is 78.4 Å². The van der Waals surface area contributed by atoms with E-state index >= 15 is 0 Å². The maximum Gasteiger partial charge on any atom is 0.163 e. The molecule has 0 spiro atoms. The van der Waals surface area contributed by atoms with E-state index in [2.05, 4.69) is 5.32 Å². The van der Waals surface area contributed by atoms with Crippen molar-refractivity contribution in [1.29, 1.82) is 0 Å². The molecule has 3 aromatic carbocycles. The summed E-state index contributed by atoms with van der Waals surface area (Å²) in [6.07, 6.45) is 0. The number of methoxy groups -OCH3 is 1. The highest BCUT2D eigenvalue weighted by atomic mass is 16.5. The minimum absolute atomic E-state index is 0.464. The van der Waals surface area contributed by atoms with Gasteiger partial charge in [0.1, 0.15) is 6.61 Å². The van der Waals surface area contributed by atoms with Crippen LogP contribution in [0.4, 0.5) is 17.1 Å². The molecule has 0 saturated carbocycles. The number of benzene rings is 3. The zero-order valence-electron chi connectivity index (χ0n) is 13.5. The average molecular weight is 320 g/mol. The van der Waals surface area contributed by atoms with Crippen LogP contribution in [0.15, 0.2) is 72.8 Å². The molecule has 24 heavy (non-hydrogen) atoms. The SMILES string of the molecule is COc1cc(N)c(Nc2ccccc2)cc1OCc1ccccc1. The van der Waals surface area contributed by atoms with Crippen molar-refractivity contribution < 1.29 is 9.47 Å². The molecule has 4 nitrogen and oxygen atoms in total. The molecule has 3 N–H and O–H groups in total. The Kier molecular flexibility index (Phi) is 4.87. The molecular formula is C20H20N2O2. The zero-order valence-corrected chi connectivity index (χ0v) is 13.5. The first-order valence-corrected chi connectivity index (χ1v) is 7.72. The molecule has 122 valence electrons. The van der Waals surface area contributed by atoms with Crippen molar-refractivity contribution in [3.63, 3.8) is 0 Å². The van der Waals surface area contributed by atoms with Gasteiger partial charge in [-0.15, -0.1) is 0 Å². The van der Waals surface area contributed by atoms with Crippen molar-refractivity contribution in [3.8, 4) is 11.5 Å². The number of rotatable bonds is 6. The third-order valence-corrected chi connectivity index (χ3v) is 3.63. The largest absolute Gasteiger partial charge is 0.493 e. The molecule has 3 rings (SSSR count). The summed E-state index contributed by atoms with van der Waals surface area (Å²) in [7, 11) is 1.61. The van der Waals surface area contributed by atoms with Gasteiger partial charge in [0, 0.05) is 17.8 Å². The second kappa shape index (κ2) is 7.42. The normalized spacial score (nSPS) is 10.2. The molecule has 4 heteroatoms. The van der Waals surface area contributed by atoms with E-state index in [1.165, 1.54) is 0 Å². The summed E-state index contributed by atoms with van der Waals surface area (Å²) in [4.78, 5) is 0. The molecule has 0 aliphatic heterocycles. The molecule has 0 unspecified atom stereocenters. The summed E-state index contributed by atoms with van der Waals surface area (Å²) in [5.74, 6) is 1.26. The minimum Gasteiger partial charge on any atom is -0.493 e. The van der Waals surface area contributed by atoms with Crippen LogP contribution in [-0.2, 0) is 6.61 Å². The van der Waals surface area contributed by atoms with E-state index in [0.717, 1.165) is 16.9 Å². The van der Waals surface area contributed by atoms with E-state index in [9.17, 15) is 0 Å². The highest BCUT2D eigenvalue weighted by Gasteiger charge is 2.10. The summed E-state index contributed by atoms with van der Waals surface area (Å²) >= 11 is 0. The van der Waals surface area contributed by atoms with E-state index in [1.807, 2.05) is 66.7 Å². The monoisotopic (exact) mass is 320 g/mol. The van der Waals surface area contributed by atoms with Gasteiger partial charge in [0.25, 0.3) is 0 Å². The predicted molar refractivity (Wildman–Crippen MR) is 97.9 cm³/mol. The standard InChI is InChI=1S/C20H20N2O2/c1-23-19-12-17(21)18(22-16-10-6-3-7-11-16)13-20(19)24-14-15-8-4-2-5-9-15/h2-13,22H,14,21H2,1H3. The first-order chi connectivity index (χ1) is 11.8. The Labute approximate surface area is 141 Å². The van der Waals surface area contributed by atoms with Crippen LogP contribution in [0.1, 0.15) is 5.56 Å². The first-order valence-electron chi connectivity index (χ1n) is 7.72. The smallest absolute Gasteiger partial charge is 0.163 e. The third-order valence-electron chi connectivity index (χ3n) is 3.63. The molecule has 0 aliphatic carbocycles. The number of hydrogen-bond acceptors (Lipinski definition) is 4. The number of anilines is 3. The fraction of sp³-hybridized carbons (Fsp3) is 0.100. The van der Waals surface area contributed by atoms with Crippen LogP contribution in [-0.4, -0.2) is 7.11 Å². The van der Waals surface area contributed by atoms with Crippen molar-refractivity contribution >= 4 is 17.1 Å². The molecule has 0 radical (unpaired) electrons. The molecule has 0 heterocycles. The highest BCUT2D eigenvalue weighted by molar-refractivity contribution is 5.76. The van der Waals surface area contributed by atoms with Crippen molar-refractivity contribution in [1.82, 2.24) is 0 Å². The van der Waals surface area contributed by atoms with E-state index in [-0.39, 0.29) is 0 Å². The predicted octanol–water partition coefficient (Wildman–Crippen LogP) is 4.60. The molecule has 0 fully saturated rings. The Morgan fingerprint density at radius 3 is 2.21 bits per heavy atom. The van der Waals surface area contributed by atoms with Gasteiger partial charge in [-0.3, -0.25) is 0 Å². The summed E-state index contributed by atoms with van der Waals surface area (Å²) < 4.78 is 11.3. The number of nitrogen functional groups attached to an aromatic ring is 1. The van der Waals surface area contributed by atoms with E-state index in [1.54, 1.807) is 13.2 Å². The first kappa shape index (κ1) is 15.7. The lowest BCUT2D eigenvalue weighted by Crippen LogP contribution is -2.01. The maximum absolute atomic E-state index is 6.12. The van der Waals surface area contributed by atoms with Crippen LogP contribution in [0, 0.1) is 0 Å². The molecule has 3 aromatic rings. The Hall–Kier alpha value is -3.14. The summed E-state index contributed by atoms with van der Waals surface area (Å²) in [6, 6.07) is 23.5. The van der Waals surface area contributed by atoms with Gasteiger partial charge in [-0.05, 0) is 17.7 Å². The van der Waals surface area contributed by atoms with E-state index < -0.39 is 0 Å². The number of para-hydroxylation sites is 1. The lowest BCUT2D eigenvalue weighted by molar-refractivity contribution is 0.285. The zero-order chi connectivity index (χ0) is 16.8. The fourth-order valence-electron chi connectivity index (χ4n) is 2.37. The van der Waals surface area contributed by atoms with Crippen molar-refractivity contribution in [2.45, 2.75) is 6.61 Å². The lowest BCUT2D eigenvalue weighted by atomic mass is 10.2. The van der Waals surface area contributed by atoms with Gasteiger partial charge < -0.3 is 20.5 Å². The van der Waals surface area contributed by atoms with Crippen LogP contribution >= 0.6 is 0 Å². The third kappa shape index (κ3) is 3.79. The van der Waals surface area contributed by atoms with Gasteiger partial charge in [0.15, 0.2) is 11.5 Å². The molecule has 0 saturated heterocycles. The van der Waals surface area contributed by atoms with Gasteiger partial charge in [-0.1, -0.05) is 48.5 Å². The minimum atomic E-state index is 0.464. The molecular weight excluding hydrogens is 300 g/mol.